The van der Waals surface area contributed by atoms with Crippen LogP contribution in [0.25, 0.3) is 5.65 Å². The molecule has 3 rings (SSSR count). The molecule has 1 saturated heterocycles. The van der Waals surface area contributed by atoms with Crippen molar-refractivity contribution in [3.05, 3.63) is 29.7 Å². The van der Waals surface area contributed by atoms with Crippen molar-refractivity contribution < 1.29 is 4.74 Å². The van der Waals surface area contributed by atoms with Crippen molar-refractivity contribution in [3.63, 3.8) is 0 Å². The van der Waals surface area contributed by atoms with Gasteiger partial charge in [-0.1, -0.05) is 6.92 Å². The van der Waals surface area contributed by atoms with Gasteiger partial charge in [-0.15, -0.1) is 0 Å². The molecule has 0 spiro atoms. The summed E-state index contributed by atoms with van der Waals surface area (Å²) in [5, 5.41) is 7.91. The first-order chi connectivity index (χ1) is 9.76. The topological polar surface area (TPSA) is 51.5 Å². The van der Waals surface area contributed by atoms with Crippen molar-refractivity contribution >= 4 is 5.65 Å². The zero-order valence-corrected chi connectivity index (χ0v) is 12.2. The minimum absolute atomic E-state index is 0.428. The van der Waals surface area contributed by atoms with Gasteiger partial charge in [0.2, 0.25) is 0 Å². The number of aromatic nitrogens is 3. The van der Waals surface area contributed by atoms with Crippen LogP contribution in [-0.4, -0.2) is 33.9 Å². The highest BCUT2D eigenvalue weighted by Crippen LogP contribution is 2.22. The predicted octanol–water partition coefficient (Wildman–Crippen LogP) is 1.94. The van der Waals surface area contributed by atoms with E-state index in [2.05, 4.69) is 22.3 Å². The first kappa shape index (κ1) is 13.5. The van der Waals surface area contributed by atoms with Gasteiger partial charge in [0, 0.05) is 43.7 Å². The fourth-order valence-corrected chi connectivity index (χ4v) is 2.90. The molecule has 2 aromatic heterocycles. The van der Waals surface area contributed by atoms with E-state index in [4.69, 9.17) is 4.74 Å². The Kier molecular flexibility index (Phi) is 3.98. The molecule has 0 amide bonds. The van der Waals surface area contributed by atoms with Crippen molar-refractivity contribution in [2.45, 2.75) is 39.3 Å². The predicted molar refractivity (Wildman–Crippen MR) is 77.6 cm³/mol. The zero-order valence-electron chi connectivity index (χ0n) is 12.2. The third-order valence-electron chi connectivity index (χ3n) is 3.97. The van der Waals surface area contributed by atoms with Crippen LogP contribution in [0.4, 0.5) is 0 Å². The normalized spacial score (nSPS) is 22.7. The highest BCUT2D eigenvalue weighted by Gasteiger charge is 2.25. The molecule has 2 atom stereocenters. The van der Waals surface area contributed by atoms with Gasteiger partial charge in [0.05, 0.1) is 11.8 Å². The summed E-state index contributed by atoms with van der Waals surface area (Å²) in [6.07, 6.45) is 6.67. The van der Waals surface area contributed by atoms with Crippen LogP contribution >= 0.6 is 0 Å². The van der Waals surface area contributed by atoms with E-state index in [0.717, 1.165) is 43.0 Å². The number of nitrogens with one attached hydrogen (secondary N) is 1. The average Bonchev–Trinajstić information content (AvgIpc) is 3.03. The number of hydrogen-bond donors (Lipinski definition) is 1. The molecule has 0 radical (unpaired) electrons. The molecule has 0 aliphatic carbocycles. The number of ether oxygens (including phenoxy) is 1. The minimum atomic E-state index is 0.428. The van der Waals surface area contributed by atoms with Crippen LogP contribution in [-0.2, 0) is 11.3 Å². The molecule has 20 heavy (non-hydrogen) atoms. The Morgan fingerprint density at radius 3 is 3.25 bits per heavy atom. The molecule has 2 aromatic rings. The zero-order chi connectivity index (χ0) is 13.9. The number of rotatable bonds is 5. The second-order valence-electron chi connectivity index (χ2n) is 5.55. The van der Waals surface area contributed by atoms with E-state index in [1.807, 2.05) is 29.9 Å². The van der Waals surface area contributed by atoms with Gasteiger partial charge < -0.3 is 10.1 Å². The van der Waals surface area contributed by atoms with Gasteiger partial charge >= 0.3 is 0 Å². The Bertz CT molecular complexity index is 580. The molecule has 1 aliphatic heterocycles. The van der Waals surface area contributed by atoms with E-state index in [1.54, 1.807) is 0 Å². The van der Waals surface area contributed by atoms with E-state index in [9.17, 15) is 0 Å². The Morgan fingerprint density at radius 1 is 1.50 bits per heavy atom. The molecule has 108 valence electrons. The Morgan fingerprint density at radius 2 is 2.40 bits per heavy atom. The highest BCUT2D eigenvalue weighted by molar-refractivity contribution is 5.38. The average molecular weight is 274 g/mol. The minimum Gasteiger partial charge on any atom is -0.378 e. The van der Waals surface area contributed by atoms with E-state index >= 15 is 0 Å². The number of nitrogens with zero attached hydrogens (tertiary/aromatic N) is 3. The second-order valence-corrected chi connectivity index (χ2v) is 5.55. The van der Waals surface area contributed by atoms with E-state index in [1.165, 1.54) is 6.42 Å². The molecule has 5 nitrogen and oxygen atoms in total. The number of aryl methyl sites for hydroxylation is 1. The molecule has 1 fully saturated rings. The molecule has 3 heterocycles. The Labute approximate surface area is 119 Å². The molecular weight excluding hydrogens is 252 g/mol. The summed E-state index contributed by atoms with van der Waals surface area (Å²) in [6, 6.07) is 1.99. The molecule has 0 bridgehead atoms. The second kappa shape index (κ2) is 5.89. The number of hydrogen-bond acceptors (Lipinski definition) is 4. The molecule has 1 aliphatic rings. The Hall–Kier alpha value is -1.46. The number of fused-ring (bicyclic) bond motifs is 1. The van der Waals surface area contributed by atoms with Gasteiger partial charge in [-0.2, -0.15) is 5.10 Å². The van der Waals surface area contributed by atoms with Gasteiger partial charge in [-0.05, 0) is 25.7 Å². The van der Waals surface area contributed by atoms with Gasteiger partial charge in [0.15, 0.2) is 5.65 Å². The maximum absolute atomic E-state index is 5.71. The maximum atomic E-state index is 5.71. The Balaban J connectivity index is 1.56. The van der Waals surface area contributed by atoms with Crippen LogP contribution in [0.5, 0.6) is 0 Å². The van der Waals surface area contributed by atoms with Crippen LogP contribution in [0.2, 0.25) is 0 Å². The fraction of sp³-hybridized carbons (Fsp3) is 0.600. The van der Waals surface area contributed by atoms with Gasteiger partial charge in [0.25, 0.3) is 0 Å². The van der Waals surface area contributed by atoms with Crippen LogP contribution in [0.15, 0.2) is 18.5 Å². The van der Waals surface area contributed by atoms with E-state index in [-0.39, 0.29) is 0 Å². The molecular formula is C15H22N4O. The van der Waals surface area contributed by atoms with Crippen LogP contribution in [0.3, 0.4) is 0 Å². The standard InChI is InChI=1S/C15H22N4O/c1-3-14-13(4-5-20-14)9-16-7-12-8-17-15-6-11(2)18-19(15)10-12/h6,8,10,13-14,16H,3-5,7,9H2,1-2H3. The lowest BCUT2D eigenvalue weighted by atomic mass is 10.00. The van der Waals surface area contributed by atoms with Crippen LogP contribution < -0.4 is 5.32 Å². The molecule has 2 unspecified atom stereocenters. The lowest BCUT2D eigenvalue weighted by Gasteiger charge is -2.17. The van der Waals surface area contributed by atoms with Crippen molar-refractivity contribution in [3.8, 4) is 0 Å². The lowest BCUT2D eigenvalue weighted by molar-refractivity contribution is 0.0872. The highest BCUT2D eigenvalue weighted by atomic mass is 16.5. The van der Waals surface area contributed by atoms with Crippen molar-refractivity contribution in [2.24, 2.45) is 5.92 Å². The first-order valence-electron chi connectivity index (χ1n) is 7.39. The third kappa shape index (κ3) is 2.83. The molecule has 1 N–H and O–H groups in total. The smallest absolute Gasteiger partial charge is 0.155 e. The summed E-state index contributed by atoms with van der Waals surface area (Å²) in [7, 11) is 0. The summed E-state index contributed by atoms with van der Waals surface area (Å²) in [4.78, 5) is 4.42. The summed E-state index contributed by atoms with van der Waals surface area (Å²) in [5.74, 6) is 0.642. The van der Waals surface area contributed by atoms with Gasteiger partial charge in [-0.25, -0.2) is 9.50 Å². The summed E-state index contributed by atoms with van der Waals surface area (Å²) in [5.41, 5.74) is 3.06. The van der Waals surface area contributed by atoms with Crippen LogP contribution in [0, 0.1) is 12.8 Å². The van der Waals surface area contributed by atoms with Gasteiger partial charge in [0.1, 0.15) is 0 Å². The van der Waals surface area contributed by atoms with Crippen molar-refractivity contribution in [1.29, 1.82) is 0 Å². The monoisotopic (exact) mass is 274 g/mol. The largest absolute Gasteiger partial charge is 0.378 e. The molecule has 0 saturated carbocycles. The van der Waals surface area contributed by atoms with E-state index in [0.29, 0.717) is 12.0 Å². The van der Waals surface area contributed by atoms with Crippen molar-refractivity contribution in [1.82, 2.24) is 19.9 Å². The van der Waals surface area contributed by atoms with Crippen LogP contribution in [0.1, 0.15) is 31.0 Å². The first-order valence-corrected chi connectivity index (χ1v) is 7.39. The molecule has 5 heteroatoms. The van der Waals surface area contributed by atoms with Crippen molar-refractivity contribution in [2.75, 3.05) is 13.2 Å². The van der Waals surface area contributed by atoms with E-state index < -0.39 is 0 Å². The maximum Gasteiger partial charge on any atom is 0.155 e. The van der Waals surface area contributed by atoms with Gasteiger partial charge in [-0.3, -0.25) is 0 Å². The lowest BCUT2D eigenvalue weighted by Crippen LogP contribution is -2.28. The fourth-order valence-electron chi connectivity index (χ4n) is 2.90. The third-order valence-corrected chi connectivity index (χ3v) is 3.97. The summed E-state index contributed by atoms with van der Waals surface area (Å²) in [6.45, 7) is 6.92. The SMILES string of the molecule is CCC1OCCC1CNCc1cnc2cc(C)nn2c1. The summed E-state index contributed by atoms with van der Waals surface area (Å²) >= 11 is 0. The summed E-state index contributed by atoms with van der Waals surface area (Å²) < 4.78 is 7.56. The quantitative estimate of drug-likeness (QED) is 0.905. The molecule has 0 aromatic carbocycles.